The van der Waals surface area contributed by atoms with E-state index < -0.39 is 17.7 Å². The highest BCUT2D eigenvalue weighted by Crippen LogP contribution is 2.40. The predicted octanol–water partition coefficient (Wildman–Crippen LogP) is 5.50. The van der Waals surface area contributed by atoms with Crippen LogP contribution < -0.4 is 4.74 Å². The summed E-state index contributed by atoms with van der Waals surface area (Å²) >= 11 is 0. The molecule has 1 unspecified atom stereocenters. The number of carbonyl (C=O) groups is 2. The second kappa shape index (κ2) is 10.00. The molecule has 1 saturated heterocycles. The van der Waals surface area contributed by atoms with Crippen molar-refractivity contribution in [1.82, 2.24) is 4.90 Å². The van der Waals surface area contributed by atoms with Crippen molar-refractivity contribution >= 4 is 17.4 Å². The third kappa shape index (κ3) is 4.76. The molecule has 1 atom stereocenters. The first-order chi connectivity index (χ1) is 16.4. The standard InChI is InChI=1S/C28H29NO5/c1-4-19-7-9-20(10-8-19)25-24(27(31)28(32)29(25)16-23-6-5-15-33-23)26(30)21-11-13-22(14-12-21)34-17-18(2)3/h5-15,18,25,30H,4,16-17H2,1-3H3/b26-24-. The van der Waals surface area contributed by atoms with E-state index in [0.29, 0.717) is 29.6 Å². The molecular formula is C28H29NO5. The van der Waals surface area contributed by atoms with Crippen LogP contribution in [0.15, 0.2) is 76.9 Å². The number of rotatable bonds is 8. The molecule has 3 aromatic rings. The van der Waals surface area contributed by atoms with Crippen molar-refractivity contribution in [3.05, 3.63) is 95.0 Å². The molecule has 1 amide bonds. The van der Waals surface area contributed by atoms with Crippen LogP contribution in [-0.2, 0) is 22.6 Å². The van der Waals surface area contributed by atoms with Gasteiger partial charge in [-0.1, -0.05) is 45.0 Å². The Morgan fingerprint density at radius 3 is 2.35 bits per heavy atom. The summed E-state index contributed by atoms with van der Waals surface area (Å²) in [5.41, 5.74) is 2.41. The number of ketones is 1. The molecule has 0 bridgehead atoms. The van der Waals surface area contributed by atoms with Gasteiger partial charge in [0.15, 0.2) is 0 Å². The minimum absolute atomic E-state index is 0.0663. The molecule has 1 aliphatic heterocycles. The van der Waals surface area contributed by atoms with E-state index in [0.717, 1.165) is 17.5 Å². The van der Waals surface area contributed by atoms with Crippen LogP contribution in [-0.4, -0.2) is 28.3 Å². The normalized spacial score (nSPS) is 17.5. The summed E-state index contributed by atoms with van der Waals surface area (Å²) in [4.78, 5) is 27.7. The van der Waals surface area contributed by atoms with E-state index in [1.165, 1.54) is 11.2 Å². The van der Waals surface area contributed by atoms with Crippen LogP contribution in [0.3, 0.4) is 0 Å². The number of aliphatic hydroxyl groups excluding tert-OH is 1. The first-order valence-electron chi connectivity index (χ1n) is 11.5. The minimum atomic E-state index is -0.729. The largest absolute Gasteiger partial charge is 0.507 e. The van der Waals surface area contributed by atoms with Crippen molar-refractivity contribution in [3.8, 4) is 5.75 Å². The maximum atomic E-state index is 13.1. The molecule has 6 nitrogen and oxygen atoms in total. The van der Waals surface area contributed by atoms with Crippen LogP contribution in [0.1, 0.15) is 49.3 Å². The number of benzene rings is 2. The topological polar surface area (TPSA) is 80.0 Å². The summed E-state index contributed by atoms with van der Waals surface area (Å²) in [7, 11) is 0. The first kappa shape index (κ1) is 23.4. The van der Waals surface area contributed by atoms with Crippen LogP contribution in [0.5, 0.6) is 5.75 Å². The van der Waals surface area contributed by atoms with Gasteiger partial charge in [-0.25, -0.2) is 0 Å². The van der Waals surface area contributed by atoms with E-state index in [2.05, 4.69) is 20.8 Å². The molecule has 6 heteroatoms. The predicted molar refractivity (Wildman–Crippen MR) is 129 cm³/mol. The van der Waals surface area contributed by atoms with Crippen LogP contribution >= 0.6 is 0 Å². The fraction of sp³-hybridized carbons (Fsp3) is 0.286. The number of hydrogen-bond donors (Lipinski definition) is 1. The van der Waals surface area contributed by atoms with E-state index in [1.807, 2.05) is 24.3 Å². The molecule has 4 rings (SSSR count). The second-order valence-electron chi connectivity index (χ2n) is 8.83. The summed E-state index contributed by atoms with van der Waals surface area (Å²) < 4.78 is 11.2. The zero-order valence-corrected chi connectivity index (χ0v) is 19.7. The Labute approximate surface area is 199 Å². The van der Waals surface area contributed by atoms with Gasteiger partial charge < -0.3 is 19.2 Å². The minimum Gasteiger partial charge on any atom is -0.507 e. The average molecular weight is 460 g/mol. The monoisotopic (exact) mass is 459 g/mol. The number of Topliss-reactive ketones (excluding diaryl/α,β-unsaturated/α-hetero) is 1. The van der Waals surface area contributed by atoms with Crippen molar-refractivity contribution in [2.75, 3.05) is 6.61 Å². The lowest BCUT2D eigenvalue weighted by Gasteiger charge is -2.24. The van der Waals surface area contributed by atoms with Crippen molar-refractivity contribution in [2.45, 2.75) is 39.8 Å². The number of ether oxygens (including phenoxy) is 1. The summed E-state index contributed by atoms with van der Waals surface area (Å²) in [6.07, 6.45) is 2.40. The maximum absolute atomic E-state index is 13.1. The zero-order chi connectivity index (χ0) is 24.2. The Morgan fingerprint density at radius 1 is 1.06 bits per heavy atom. The molecule has 2 heterocycles. The Kier molecular flexibility index (Phi) is 6.87. The highest BCUT2D eigenvalue weighted by Gasteiger charge is 2.46. The fourth-order valence-corrected chi connectivity index (χ4v) is 4.02. The molecule has 1 aliphatic rings. The van der Waals surface area contributed by atoms with Gasteiger partial charge in [-0.2, -0.15) is 0 Å². The SMILES string of the molecule is CCc1ccc(C2/C(=C(/O)c3ccc(OCC(C)C)cc3)C(=O)C(=O)N2Cc2ccco2)cc1. The van der Waals surface area contributed by atoms with Gasteiger partial charge in [-0.15, -0.1) is 0 Å². The first-order valence-corrected chi connectivity index (χ1v) is 11.5. The van der Waals surface area contributed by atoms with Gasteiger partial charge in [-0.05, 0) is 59.9 Å². The van der Waals surface area contributed by atoms with Crippen LogP contribution in [0.25, 0.3) is 5.76 Å². The second-order valence-corrected chi connectivity index (χ2v) is 8.83. The molecule has 176 valence electrons. The maximum Gasteiger partial charge on any atom is 0.296 e. The van der Waals surface area contributed by atoms with Gasteiger partial charge in [0.25, 0.3) is 11.7 Å². The van der Waals surface area contributed by atoms with Crippen molar-refractivity contribution in [1.29, 1.82) is 0 Å². The van der Waals surface area contributed by atoms with E-state index in [1.54, 1.807) is 36.4 Å². The lowest BCUT2D eigenvalue weighted by Crippen LogP contribution is -2.29. The highest BCUT2D eigenvalue weighted by molar-refractivity contribution is 6.46. The molecule has 0 aliphatic carbocycles. The van der Waals surface area contributed by atoms with Gasteiger partial charge in [0, 0.05) is 5.56 Å². The lowest BCUT2D eigenvalue weighted by atomic mass is 9.94. The van der Waals surface area contributed by atoms with Crippen LogP contribution in [0.2, 0.25) is 0 Å². The third-order valence-electron chi connectivity index (χ3n) is 5.86. The third-order valence-corrected chi connectivity index (χ3v) is 5.86. The average Bonchev–Trinajstić information content (AvgIpc) is 3.45. The van der Waals surface area contributed by atoms with Crippen molar-refractivity contribution < 1.29 is 23.8 Å². The summed E-state index contributed by atoms with van der Waals surface area (Å²) in [5, 5.41) is 11.2. The molecule has 1 fully saturated rings. The van der Waals surface area contributed by atoms with Crippen molar-refractivity contribution in [2.24, 2.45) is 5.92 Å². The molecule has 0 spiro atoms. The van der Waals surface area contributed by atoms with E-state index in [4.69, 9.17) is 9.15 Å². The van der Waals surface area contributed by atoms with Gasteiger partial charge in [0.2, 0.25) is 0 Å². The Morgan fingerprint density at radius 2 is 1.76 bits per heavy atom. The highest BCUT2D eigenvalue weighted by atomic mass is 16.5. The fourth-order valence-electron chi connectivity index (χ4n) is 4.02. The van der Waals surface area contributed by atoms with Crippen LogP contribution in [0.4, 0.5) is 0 Å². The van der Waals surface area contributed by atoms with Gasteiger partial charge in [0.05, 0.1) is 31.0 Å². The zero-order valence-electron chi connectivity index (χ0n) is 19.7. The summed E-state index contributed by atoms with van der Waals surface area (Å²) in [6, 6.07) is 17.4. The molecule has 34 heavy (non-hydrogen) atoms. The Bertz CT molecular complexity index is 1170. The van der Waals surface area contributed by atoms with E-state index in [9.17, 15) is 14.7 Å². The molecule has 1 aromatic heterocycles. The summed E-state index contributed by atoms with van der Waals surface area (Å²) in [6.45, 7) is 6.89. The smallest absolute Gasteiger partial charge is 0.296 e. The number of likely N-dealkylation sites (tertiary alicyclic amines) is 1. The Hall–Kier alpha value is -3.80. The van der Waals surface area contributed by atoms with Crippen LogP contribution in [0, 0.1) is 5.92 Å². The number of amides is 1. The molecule has 1 N–H and O–H groups in total. The molecule has 0 radical (unpaired) electrons. The van der Waals surface area contributed by atoms with Crippen molar-refractivity contribution in [3.63, 3.8) is 0 Å². The van der Waals surface area contributed by atoms with Gasteiger partial charge >= 0.3 is 0 Å². The van der Waals surface area contributed by atoms with E-state index >= 15 is 0 Å². The number of aliphatic hydroxyl groups is 1. The van der Waals surface area contributed by atoms with Gasteiger partial charge in [0.1, 0.15) is 17.3 Å². The molecule has 0 saturated carbocycles. The summed E-state index contributed by atoms with van der Waals surface area (Å²) in [5.74, 6) is 0.0321. The molecule has 2 aromatic carbocycles. The Balaban J connectivity index is 1.75. The number of aryl methyl sites for hydroxylation is 1. The lowest BCUT2D eigenvalue weighted by molar-refractivity contribution is -0.140. The number of nitrogens with zero attached hydrogens (tertiary/aromatic N) is 1. The van der Waals surface area contributed by atoms with E-state index in [-0.39, 0.29) is 17.9 Å². The van der Waals surface area contributed by atoms with Gasteiger partial charge in [-0.3, -0.25) is 9.59 Å². The number of carbonyl (C=O) groups excluding carboxylic acids is 2. The number of hydrogen-bond acceptors (Lipinski definition) is 5. The number of furan rings is 1. The molecular weight excluding hydrogens is 430 g/mol. The quantitative estimate of drug-likeness (QED) is 0.273.